The highest BCUT2D eigenvalue weighted by Gasteiger charge is 2.16. The number of rotatable bonds is 4. The molecule has 1 N–H and O–H groups in total. The lowest BCUT2D eigenvalue weighted by Crippen LogP contribution is -2.18. The molecular formula is C20H17Cl2NO2. The summed E-state index contributed by atoms with van der Waals surface area (Å²) in [6.45, 7) is 1.87. The number of hydrogen-bond acceptors (Lipinski definition) is 2. The molecule has 3 aromatic rings. The van der Waals surface area contributed by atoms with Gasteiger partial charge in [0.25, 0.3) is 0 Å². The van der Waals surface area contributed by atoms with E-state index >= 15 is 0 Å². The summed E-state index contributed by atoms with van der Waals surface area (Å²) < 4.78 is 5.24. The Morgan fingerprint density at radius 2 is 1.68 bits per heavy atom. The first-order valence-corrected chi connectivity index (χ1v) is 8.57. The third kappa shape index (κ3) is 3.89. The van der Waals surface area contributed by atoms with Gasteiger partial charge in [-0.2, -0.15) is 0 Å². The van der Waals surface area contributed by atoms with Crippen molar-refractivity contribution in [2.24, 2.45) is 0 Å². The molecule has 0 bridgehead atoms. The van der Waals surface area contributed by atoms with Crippen molar-refractivity contribution in [3.63, 3.8) is 0 Å². The average molecular weight is 374 g/mol. The molecular weight excluding hydrogens is 357 g/mol. The van der Waals surface area contributed by atoms with E-state index in [0.29, 0.717) is 15.7 Å². The van der Waals surface area contributed by atoms with Gasteiger partial charge < -0.3 is 10.1 Å². The summed E-state index contributed by atoms with van der Waals surface area (Å²) in [5.41, 5.74) is 1.56. The minimum Gasteiger partial charge on any atom is -0.497 e. The van der Waals surface area contributed by atoms with Gasteiger partial charge in [-0.05, 0) is 53.6 Å². The first-order chi connectivity index (χ1) is 12.0. The molecule has 128 valence electrons. The monoisotopic (exact) mass is 373 g/mol. The van der Waals surface area contributed by atoms with E-state index in [1.54, 1.807) is 25.3 Å². The Hall–Kier alpha value is -2.23. The van der Waals surface area contributed by atoms with Crippen LogP contribution in [0.2, 0.25) is 10.0 Å². The largest absolute Gasteiger partial charge is 0.497 e. The minimum atomic E-state index is -0.305. The zero-order valence-corrected chi connectivity index (χ0v) is 15.4. The van der Waals surface area contributed by atoms with Crippen LogP contribution in [-0.2, 0) is 4.79 Å². The Kier molecular flexibility index (Phi) is 5.16. The number of benzene rings is 3. The fourth-order valence-corrected chi connectivity index (χ4v) is 2.91. The number of amides is 1. The fraction of sp³-hybridized carbons (Fsp3) is 0.150. The number of halogens is 2. The molecule has 3 rings (SSSR count). The molecule has 0 heterocycles. The molecule has 5 heteroatoms. The first-order valence-electron chi connectivity index (χ1n) is 7.81. The third-order valence-electron chi connectivity index (χ3n) is 4.15. The molecule has 0 aromatic heterocycles. The molecule has 0 aliphatic rings. The van der Waals surface area contributed by atoms with E-state index in [4.69, 9.17) is 27.9 Å². The standard InChI is InChI=1S/C20H17Cl2NO2/c1-12(20(24)23-16-6-8-18(21)19(22)11-16)13-3-4-15-10-17(25-2)7-5-14(15)9-13/h3-12H,1-2H3,(H,23,24)/t12-/m0/s1. The Bertz CT molecular complexity index is 940. The van der Waals surface area contributed by atoms with Gasteiger partial charge in [0, 0.05) is 5.69 Å². The van der Waals surface area contributed by atoms with Gasteiger partial charge in [-0.15, -0.1) is 0 Å². The lowest BCUT2D eigenvalue weighted by molar-refractivity contribution is -0.117. The van der Waals surface area contributed by atoms with E-state index in [-0.39, 0.29) is 11.8 Å². The molecule has 1 atom stereocenters. The predicted molar refractivity (Wildman–Crippen MR) is 104 cm³/mol. The van der Waals surface area contributed by atoms with E-state index in [2.05, 4.69) is 5.32 Å². The van der Waals surface area contributed by atoms with Crippen molar-refractivity contribution in [1.82, 2.24) is 0 Å². The van der Waals surface area contributed by atoms with Crippen molar-refractivity contribution in [3.05, 3.63) is 70.2 Å². The molecule has 1 amide bonds. The second kappa shape index (κ2) is 7.34. The summed E-state index contributed by atoms with van der Waals surface area (Å²) in [7, 11) is 1.64. The molecule has 0 aliphatic heterocycles. The van der Waals surface area contributed by atoms with Crippen LogP contribution >= 0.6 is 23.2 Å². The number of fused-ring (bicyclic) bond motifs is 1. The number of ether oxygens (including phenoxy) is 1. The molecule has 0 spiro atoms. The summed E-state index contributed by atoms with van der Waals surface area (Å²) in [4.78, 5) is 12.5. The highest BCUT2D eigenvalue weighted by Crippen LogP contribution is 2.28. The van der Waals surface area contributed by atoms with Crippen molar-refractivity contribution in [3.8, 4) is 5.75 Å². The highest BCUT2D eigenvalue weighted by atomic mass is 35.5. The Morgan fingerprint density at radius 3 is 2.40 bits per heavy atom. The second-order valence-corrected chi connectivity index (χ2v) is 6.63. The van der Waals surface area contributed by atoms with Crippen molar-refractivity contribution < 1.29 is 9.53 Å². The van der Waals surface area contributed by atoms with Gasteiger partial charge in [0.15, 0.2) is 0 Å². The van der Waals surface area contributed by atoms with Crippen LogP contribution in [0.5, 0.6) is 5.75 Å². The van der Waals surface area contributed by atoms with Crippen LogP contribution in [0.25, 0.3) is 10.8 Å². The maximum absolute atomic E-state index is 12.5. The van der Waals surface area contributed by atoms with Crippen LogP contribution in [0, 0.1) is 0 Å². The first kappa shape index (κ1) is 17.6. The molecule has 0 fully saturated rings. The number of hydrogen-bond donors (Lipinski definition) is 1. The number of carbonyl (C=O) groups excluding carboxylic acids is 1. The molecule has 0 saturated carbocycles. The fourth-order valence-electron chi connectivity index (χ4n) is 2.61. The third-order valence-corrected chi connectivity index (χ3v) is 4.89. The zero-order valence-electron chi connectivity index (χ0n) is 13.8. The molecule has 0 aliphatic carbocycles. The summed E-state index contributed by atoms with van der Waals surface area (Å²) in [5.74, 6) is 0.401. The topological polar surface area (TPSA) is 38.3 Å². The minimum absolute atomic E-state index is 0.105. The van der Waals surface area contributed by atoms with Crippen LogP contribution in [0.1, 0.15) is 18.4 Å². The van der Waals surface area contributed by atoms with Crippen molar-refractivity contribution >= 4 is 45.6 Å². The molecule has 0 unspecified atom stereocenters. The van der Waals surface area contributed by atoms with Gasteiger partial charge in [0.2, 0.25) is 5.91 Å². The summed E-state index contributed by atoms with van der Waals surface area (Å²) in [5, 5.41) is 5.87. The second-order valence-electron chi connectivity index (χ2n) is 5.81. The van der Waals surface area contributed by atoms with Crippen molar-refractivity contribution in [2.45, 2.75) is 12.8 Å². The number of nitrogens with one attached hydrogen (secondary N) is 1. The lowest BCUT2D eigenvalue weighted by atomic mass is 9.97. The number of anilines is 1. The van der Waals surface area contributed by atoms with Gasteiger partial charge in [-0.1, -0.05) is 47.5 Å². The molecule has 3 nitrogen and oxygen atoms in total. The molecule has 3 aromatic carbocycles. The van der Waals surface area contributed by atoms with E-state index in [1.165, 1.54) is 0 Å². The van der Waals surface area contributed by atoms with E-state index in [1.807, 2.05) is 43.3 Å². The van der Waals surface area contributed by atoms with E-state index in [0.717, 1.165) is 22.1 Å². The van der Waals surface area contributed by atoms with Gasteiger partial charge in [0.05, 0.1) is 23.1 Å². The van der Waals surface area contributed by atoms with Crippen molar-refractivity contribution in [1.29, 1.82) is 0 Å². The lowest BCUT2D eigenvalue weighted by Gasteiger charge is -2.14. The molecule has 0 saturated heterocycles. The van der Waals surface area contributed by atoms with Crippen LogP contribution in [0.3, 0.4) is 0 Å². The van der Waals surface area contributed by atoms with Gasteiger partial charge in [-0.3, -0.25) is 4.79 Å². The van der Waals surface area contributed by atoms with Crippen LogP contribution in [0.15, 0.2) is 54.6 Å². The maximum atomic E-state index is 12.5. The van der Waals surface area contributed by atoms with Gasteiger partial charge in [0.1, 0.15) is 5.75 Å². The predicted octanol–water partition coefficient (Wildman–Crippen LogP) is 5.90. The number of methoxy groups -OCH3 is 1. The Morgan fingerprint density at radius 1 is 0.960 bits per heavy atom. The Balaban J connectivity index is 1.81. The normalized spacial score (nSPS) is 12.0. The van der Waals surface area contributed by atoms with Crippen LogP contribution in [0.4, 0.5) is 5.69 Å². The molecule has 0 radical (unpaired) electrons. The zero-order chi connectivity index (χ0) is 18.0. The van der Waals surface area contributed by atoms with Crippen molar-refractivity contribution in [2.75, 3.05) is 12.4 Å². The number of carbonyl (C=O) groups is 1. The van der Waals surface area contributed by atoms with Gasteiger partial charge >= 0.3 is 0 Å². The van der Waals surface area contributed by atoms with Crippen LogP contribution < -0.4 is 10.1 Å². The molecule has 25 heavy (non-hydrogen) atoms. The summed E-state index contributed by atoms with van der Waals surface area (Å²) in [6, 6.07) is 16.9. The smallest absolute Gasteiger partial charge is 0.231 e. The maximum Gasteiger partial charge on any atom is 0.231 e. The van der Waals surface area contributed by atoms with Crippen LogP contribution in [-0.4, -0.2) is 13.0 Å². The Labute approximate surface area is 156 Å². The summed E-state index contributed by atoms with van der Waals surface area (Å²) >= 11 is 11.9. The highest BCUT2D eigenvalue weighted by molar-refractivity contribution is 6.42. The average Bonchev–Trinajstić information content (AvgIpc) is 2.63. The van der Waals surface area contributed by atoms with E-state index in [9.17, 15) is 4.79 Å². The summed E-state index contributed by atoms with van der Waals surface area (Å²) in [6.07, 6.45) is 0. The quantitative estimate of drug-likeness (QED) is 0.618. The SMILES string of the molecule is COc1ccc2cc([C@H](C)C(=O)Nc3ccc(Cl)c(Cl)c3)ccc2c1. The van der Waals surface area contributed by atoms with E-state index < -0.39 is 0 Å². The van der Waals surface area contributed by atoms with Gasteiger partial charge in [-0.25, -0.2) is 0 Å².